The summed E-state index contributed by atoms with van der Waals surface area (Å²) in [5.74, 6) is 1.84. The van der Waals surface area contributed by atoms with Crippen molar-refractivity contribution in [2.24, 2.45) is 0 Å². The lowest BCUT2D eigenvalue weighted by molar-refractivity contribution is 0.0926. The summed E-state index contributed by atoms with van der Waals surface area (Å²) in [5, 5.41) is 6.77. The number of fused-ring (bicyclic) bond motifs is 1. The third kappa shape index (κ3) is 5.04. The Morgan fingerprint density at radius 1 is 1.00 bits per heavy atom. The molecule has 1 heterocycles. The van der Waals surface area contributed by atoms with E-state index < -0.39 is 0 Å². The van der Waals surface area contributed by atoms with Gasteiger partial charge in [-0.1, -0.05) is 0 Å². The molecule has 160 valence electrons. The Bertz CT molecular complexity index is 891. The van der Waals surface area contributed by atoms with Crippen molar-refractivity contribution in [1.29, 1.82) is 0 Å². The van der Waals surface area contributed by atoms with E-state index >= 15 is 0 Å². The highest BCUT2D eigenvalue weighted by molar-refractivity contribution is 14.1. The minimum atomic E-state index is 0.0245. The van der Waals surface area contributed by atoms with E-state index in [1.807, 2.05) is 24.3 Å². The van der Waals surface area contributed by atoms with Crippen molar-refractivity contribution in [1.82, 2.24) is 15.3 Å². The molecule has 1 aromatic carbocycles. The molecule has 2 aliphatic rings. The summed E-state index contributed by atoms with van der Waals surface area (Å²) in [6, 6.07) is 8.30. The van der Waals surface area contributed by atoms with E-state index in [2.05, 4.69) is 52.2 Å². The molecule has 0 aliphatic heterocycles. The zero-order chi connectivity index (χ0) is 21.1. The first-order valence-corrected chi connectivity index (χ1v) is 12.0. The molecule has 1 aromatic heterocycles. The molecule has 0 atom stereocenters. The normalized spacial score (nSPS) is 20.9. The maximum Gasteiger partial charge on any atom is 0.251 e. The predicted molar refractivity (Wildman–Crippen MR) is 129 cm³/mol. The minimum Gasteiger partial charge on any atom is -0.362 e. The van der Waals surface area contributed by atoms with Crippen LogP contribution in [0.2, 0.25) is 0 Å². The van der Waals surface area contributed by atoms with Gasteiger partial charge in [0.25, 0.3) is 5.91 Å². The molecular weight excluding hydrogens is 489 g/mol. The number of nitrogens with one attached hydrogen (secondary N) is 2. The Morgan fingerprint density at radius 2 is 1.67 bits per heavy atom. The average molecular weight is 519 g/mol. The number of hydrogen-bond donors (Lipinski definition) is 2. The van der Waals surface area contributed by atoms with Crippen molar-refractivity contribution in [3.63, 3.8) is 0 Å². The molecule has 30 heavy (non-hydrogen) atoms. The number of amides is 1. The van der Waals surface area contributed by atoms with Crippen LogP contribution in [-0.2, 0) is 12.8 Å². The van der Waals surface area contributed by atoms with Crippen molar-refractivity contribution in [3.8, 4) is 0 Å². The first-order chi connectivity index (χ1) is 14.5. The lowest BCUT2D eigenvalue weighted by Gasteiger charge is -2.30. The third-order valence-electron chi connectivity index (χ3n) is 6.09. The first-order valence-electron chi connectivity index (χ1n) is 10.9. The number of aromatic nitrogens is 2. The standard InChI is InChI=1S/C23H30IN5O/c1-29(2)21-19-5-3-4-6-20(19)27-23(28-21)26-18-13-11-17(12-14-18)25-22(30)15-7-9-16(24)10-8-15/h7-10,17-18H,3-6,11-14H2,1-2H3,(H,25,30)(H,26,27,28)/t17-,18+. The fourth-order valence-electron chi connectivity index (χ4n) is 4.44. The Morgan fingerprint density at radius 3 is 2.37 bits per heavy atom. The molecule has 2 N–H and O–H groups in total. The number of carbonyl (C=O) groups is 1. The van der Waals surface area contributed by atoms with Crippen LogP contribution in [0.3, 0.4) is 0 Å². The number of hydrogen-bond acceptors (Lipinski definition) is 5. The molecule has 1 fully saturated rings. The quantitative estimate of drug-likeness (QED) is 0.581. The molecular formula is C23H30IN5O. The smallest absolute Gasteiger partial charge is 0.251 e. The highest BCUT2D eigenvalue weighted by atomic mass is 127. The molecule has 0 saturated heterocycles. The summed E-state index contributed by atoms with van der Waals surface area (Å²) in [5.41, 5.74) is 3.26. The van der Waals surface area contributed by atoms with Crippen molar-refractivity contribution >= 4 is 40.3 Å². The highest BCUT2D eigenvalue weighted by Crippen LogP contribution is 2.29. The van der Waals surface area contributed by atoms with E-state index in [4.69, 9.17) is 9.97 Å². The average Bonchev–Trinajstić information content (AvgIpc) is 2.75. The van der Waals surface area contributed by atoms with E-state index in [-0.39, 0.29) is 11.9 Å². The lowest BCUT2D eigenvalue weighted by atomic mass is 9.91. The Balaban J connectivity index is 1.34. The Hall–Kier alpha value is -1.90. The largest absolute Gasteiger partial charge is 0.362 e. The van der Waals surface area contributed by atoms with E-state index in [1.165, 1.54) is 24.1 Å². The van der Waals surface area contributed by atoms with Gasteiger partial charge in [0.2, 0.25) is 5.95 Å². The maximum atomic E-state index is 12.5. The van der Waals surface area contributed by atoms with E-state index in [9.17, 15) is 4.79 Å². The van der Waals surface area contributed by atoms with Gasteiger partial charge in [-0.05, 0) is 98.2 Å². The van der Waals surface area contributed by atoms with E-state index in [0.717, 1.165) is 59.4 Å². The number of nitrogens with zero attached hydrogens (tertiary/aromatic N) is 3. The second kappa shape index (κ2) is 9.49. The maximum absolute atomic E-state index is 12.5. The van der Waals surface area contributed by atoms with Crippen molar-refractivity contribution in [2.45, 2.75) is 63.5 Å². The Kier molecular flexibility index (Phi) is 6.75. The summed E-state index contributed by atoms with van der Waals surface area (Å²) in [6.45, 7) is 0. The number of anilines is 2. The number of rotatable bonds is 5. The van der Waals surface area contributed by atoms with Crippen molar-refractivity contribution in [2.75, 3.05) is 24.3 Å². The zero-order valence-electron chi connectivity index (χ0n) is 17.7. The van der Waals surface area contributed by atoms with Gasteiger partial charge in [0.15, 0.2) is 0 Å². The summed E-state index contributed by atoms with van der Waals surface area (Å²) in [6.07, 6.45) is 8.52. The van der Waals surface area contributed by atoms with Gasteiger partial charge in [0.05, 0.1) is 5.69 Å². The second-order valence-electron chi connectivity index (χ2n) is 8.57. The van der Waals surface area contributed by atoms with Crippen LogP contribution in [0, 0.1) is 3.57 Å². The summed E-state index contributed by atoms with van der Waals surface area (Å²) in [7, 11) is 4.12. The van der Waals surface area contributed by atoms with E-state index in [0.29, 0.717) is 6.04 Å². The summed E-state index contributed by atoms with van der Waals surface area (Å²) >= 11 is 2.25. The molecule has 2 aliphatic carbocycles. The zero-order valence-corrected chi connectivity index (χ0v) is 19.9. The number of benzene rings is 1. The molecule has 0 spiro atoms. The SMILES string of the molecule is CN(C)c1nc(N[C@H]2CC[C@@H](NC(=O)c3ccc(I)cc3)CC2)nc2c1CCCC2. The van der Waals surface area contributed by atoms with Gasteiger partial charge < -0.3 is 15.5 Å². The molecule has 0 radical (unpaired) electrons. The van der Waals surface area contributed by atoms with Gasteiger partial charge in [-0.2, -0.15) is 4.98 Å². The predicted octanol–water partition coefficient (Wildman–Crippen LogP) is 4.18. The van der Waals surface area contributed by atoms with Crippen LogP contribution in [0.5, 0.6) is 0 Å². The van der Waals surface area contributed by atoms with Gasteiger partial charge in [0.1, 0.15) is 5.82 Å². The molecule has 4 rings (SSSR count). The van der Waals surface area contributed by atoms with Crippen LogP contribution in [-0.4, -0.2) is 42.1 Å². The van der Waals surface area contributed by atoms with Crippen LogP contribution < -0.4 is 15.5 Å². The van der Waals surface area contributed by atoms with Crippen molar-refractivity contribution < 1.29 is 4.79 Å². The lowest BCUT2D eigenvalue weighted by Crippen LogP contribution is -2.40. The molecule has 0 bridgehead atoms. The molecule has 0 unspecified atom stereocenters. The van der Waals surface area contributed by atoms with Crippen LogP contribution in [0.25, 0.3) is 0 Å². The molecule has 1 amide bonds. The van der Waals surface area contributed by atoms with Gasteiger partial charge in [-0.25, -0.2) is 4.98 Å². The van der Waals surface area contributed by atoms with Gasteiger partial charge in [0, 0.05) is 40.9 Å². The van der Waals surface area contributed by atoms with E-state index in [1.54, 1.807) is 0 Å². The van der Waals surface area contributed by atoms with Crippen LogP contribution in [0.1, 0.15) is 60.1 Å². The second-order valence-corrected chi connectivity index (χ2v) is 9.82. The number of carbonyl (C=O) groups excluding carboxylic acids is 1. The first kappa shape index (κ1) is 21.3. The van der Waals surface area contributed by atoms with Crippen LogP contribution >= 0.6 is 22.6 Å². The topological polar surface area (TPSA) is 70.2 Å². The Labute approximate surface area is 192 Å². The fourth-order valence-corrected chi connectivity index (χ4v) is 4.80. The van der Waals surface area contributed by atoms with Gasteiger partial charge in [-0.3, -0.25) is 4.79 Å². The molecule has 6 nitrogen and oxygen atoms in total. The number of halogens is 1. The minimum absolute atomic E-state index is 0.0245. The third-order valence-corrected chi connectivity index (χ3v) is 6.81. The summed E-state index contributed by atoms with van der Waals surface area (Å²) in [4.78, 5) is 24.3. The monoisotopic (exact) mass is 519 g/mol. The molecule has 1 saturated carbocycles. The van der Waals surface area contributed by atoms with Gasteiger partial charge >= 0.3 is 0 Å². The van der Waals surface area contributed by atoms with Crippen LogP contribution in [0.15, 0.2) is 24.3 Å². The van der Waals surface area contributed by atoms with Crippen molar-refractivity contribution in [3.05, 3.63) is 44.7 Å². The highest BCUT2D eigenvalue weighted by Gasteiger charge is 2.25. The molecule has 2 aromatic rings. The number of aryl methyl sites for hydroxylation is 1. The van der Waals surface area contributed by atoms with Gasteiger partial charge in [-0.15, -0.1) is 0 Å². The fraction of sp³-hybridized carbons (Fsp3) is 0.522. The van der Waals surface area contributed by atoms with Crippen LogP contribution in [0.4, 0.5) is 11.8 Å². The summed E-state index contributed by atoms with van der Waals surface area (Å²) < 4.78 is 1.14. The molecule has 7 heteroatoms.